The molecule has 0 aliphatic carbocycles. The fourth-order valence-corrected chi connectivity index (χ4v) is 1.21. The van der Waals surface area contributed by atoms with Gasteiger partial charge in [0.25, 0.3) is 0 Å². The zero-order valence-electron chi connectivity index (χ0n) is 9.93. The Bertz CT molecular complexity index is 370. The van der Waals surface area contributed by atoms with Crippen LogP contribution in [0.15, 0.2) is 30.8 Å². The Balaban J connectivity index is 2.65. The van der Waals surface area contributed by atoms with Gasteiger partial charge < -0.3 is 9.64 Å². The van der Waals surface area contributed by atoms with Gasteiger partial charge in [-0.15, -0.1) is 0 Å². The number of hydrogen-bond acceptors (Lipinski definition) is 2. The minimum Gasteiger partial charge on any atom is -0.471 e. The van der Waals surface area contributed by atoms with Crippen molar-refractivity contribution in [3.63, 3.8) is 0 Å². The summed E-state index contributed by atoms with van der Waals surface area (Å²) in [5.41, 5.74) is 1.04. The third-order valence-corrected chi connectivity index (χ3v) is 2.46. The molecule has 86 valence electrons. The van der Waals surface area contributed by atoms with Gasteiger partial charge in [-0.3, -0.25) is 4.79 Å². The summed E-state index contributed by atoms with van der Waals surface area (Å²) in [5.74, 6) is 0.724. The van der Waals surface area contributed by atoms with Gasteiger partial charge >= 0.3 is 0 Å². The highest BCUT2D eigenvalue weighted by Crippen LogP contribution is 2.15. The first-order valence-electron chi connectivity index (χ1n) is 5.17. The average molecular weight is 219 g/mol. The van der Waals surface area contributed by atoms with Gasteiger partial charge in [0.05, 0.1) is 0 Å². The summed E-state index contributed by atoms with van der Waals surface area (Å²) in [6, 6.07) is 7.56. The molecule has 1 rings (SSSR count). The third-order valence-electron chi connectivity index (χ3n) is 2.46. The fraction of sp³-hybridized carbons (Fsp3) is 0.308. The Labute approximate surface area is 96.3 Å². The number of rotatable bonds is 4. The molecule has 0 aromatic heterocycles. The summed E-state index contributed by atoms with van der Waals surface area (Å²) in [6.07, 6.45) is 1.50. The molecule has 1 aromatic rings. The molecular formula is C13H17NO2. The van der Waals surface area contributed by atoms with Crippen LogP contribution >= 0.6 is 0 Å². The lowest BCUT2D eigenvalue weighted by Gasteiger charge is -2.24. The van der Waals surface area contributed by atoms with E-state index < -0.39 is 0 Å². The maximum Gasteiger partial charge on any atom is 0.222 e. The van der Waals surface area contributed by atoms with Crippen LogP contribution in [0.1, 0.15) is 19.4 Å². The van der Waals surface area contributed by atoms with E-state index in [0.29, 0.717) is 0 Å². The van der Waals surface area contributed by atoms with E-state index in [-0.39, 0.29) is 12.1 Å². The second-order valence-electron chi connectivity index (χ2n) is 3.62. The normalized spacial score (nSPS) is 11.7. The molecule has 3 heteroatoms. The number of nitrogens with zero attached hydrogens (tertiary/aromatic N) is 1. The summed E-state index contributed by atoms with van der Waals surface area (Å²) in [7, 11) is 1.71. The van der Waals surface area contributed by atoms with Gasteiger partial charge in [-0.05, 0) is 24.6 Å². The number of benzene rings is 1. The summed E-state index contributed by atoms with van der Waals surface area (Å²) in [6.45, 7) is 7.03. The van der Waals surface area contributed by atoms with Crippen LogP contribution in [0.3, 0.4) is 0 Å². The Hall–Kier alpha value is -1.77. The van der Waals surface area contributed by atoms with Crippen LogP contribution in [0.5, 0.6) is 5.75 Å². The smallest absolute Gasteiger partial charge is 0.222 e. The predicted molar refractivity (Wildman–Crippen MR) is 65.1 cm³/mol. The van der Waals surface area contributed by atoms with E-state index in [2.05, 4.69) is 6.58 Å². The topological polar surface area (TPSA) is 29.5 Å². The summed E-state index contributed by atoms with van der Waals surface area (Å²) >= 11 is 0. The standard InChI is InChI=1S/C13H17NO2/c1-5-12-6-8-13(9-7-12)16-11(3)14(4)10(2)15/h5-9,11H,1H2,2-4H3. The maximum absolute atomic E-state index is 11.1. The molecule has 0 saturated heterocycles. The highest BCUT2D eigenvalue weighted by atomic mass is 16.5. The quantitative estimate of drug-likeness (QED) is 0.728. The van der Waals surface area contributed by atoms with Crippen LogP contribution < -0.4 is 4.74 Å². The molecule has 0 spiro atoms. The van der Waals surface area contributed by atoms with E-state index >= 15 is 0 Å². The van der Waals surface area contributed by atoms with Gasteiger partial charge in [0.15, 0.2) is 6.23 Å². The van der Waals surface area contributed by atoms with Crippen LogP contribution in [0.4, 0.5) is 0 Å². The summed E-state index contributed by atoms with van der Waals surface area (Å²) in [5, 5.41) is 0. The average Bonchev–Trinajstić information content (AvgIpc) is 2.28. The van der Waals surface area contributed by atoms with Gasteiger partial charge in [-0.1, -0.05) is 24.8 Å². The van der Waals surface area contributed by atoms with Crippen molar-refractivity contribution in [2.75, 3.05) is 7.05 Å². The molecular weight excluding hydrogens is 202 g/mol. The molecule has 1 amide bonds. The molecule has 1 unspecified atom stereocenters. The lowest BCUT2D eigenvalue weighted by atomic mass is 10.2. The SMILES string of the molecule is C=Cc1ccc(OC(C)N(C)C(C)=O)cc1. The Kier molecular flexibility index (Phi) is 4.11. The molecule has 1 atom stereocenters. The zero-order valence-corrected chi connectivity index (χ0v) is 9.93. The molecule has 1 aromatic carbocycles. The van der Waals surface area contributed by atoms with Gasteiger partial charge in [-0.25, -0.2) is 0 Å². The van der Waals surface area contributed by atoms with Crippen LogP contribution in [0.2, 0.25) is 0 Å². The van der Waals surface area contributed by atoms with E-state index in [1.807, 2.05) is 31.2 Å². The van der Waals surface area contributed by atoms with Crippen molar-refractivity contribution in [1.82, 2.24) is 4.90 Å². The maximum atomic E-state index is 11.1. The highest BCUT2D eigenvalue weighted by Gasteiger charge is 2.12. The molecule has 0 radical (unpaired) electrons. The van der Waals surface area contributed by atoms with Crippen molar-refractivity contribution >= 4 is 12.0 Å². The van der Waals surface area contributed by atoms with Crippen LogP contribution in [0.25, 0.3) is 6.08 Å². The number of hydrogen-bond donors (Lipinski definition) is 0. The van der Waals surface area contributed by atoms with Crippen LogP contribution in [0, 0.1) is 0 Å². The van der Waals surface area contributed by atoms with E-state index in [1.54, 1.807) is 18.0 Å². The molecule has 0 aliphatic heterocycles. The van der Waals surface area contributed by atoms with E-state index in [0.717, 1.165) is 11.3 Å². The second kappa shape index (κ2) is 5.35. The lowest BCUT2D eigenvalue weighted by molar-refractivity contribution is -0.134. The molecule has 0 aliphatic rings. The highest BCUT2D eigenvalue weighted by molar-refractivity contribution is 5.73. The lowest BCUT2D eigenvalue weighted by Crippen LogP contribution is -2.37. The van der Waals surface area contributed by atoms with Gasteiger partial charge in [0.1, 0.15) is 5.75 Å². The Morgan fingerprint density at radius 1 is 1.44 bits per heavy atom. The largest absolute Gasteiger partial charge is 0.471 e. The molecule has 0 fully saturated rings. The number of carbonyl (C=O) groups is 1. The van der Waals surface area contributed by atoms with Crippen molar-refractivity contribution in [2.45, 2.75) is 20.1 Å². The summed E-state index contributed by atoms with van der Waals surface area (Å²) < 4.78 is 5.61. The third kappa shape index (κ3) is 3.12. The minimum absolute atomic E-state index is 0.0183. The van der Waals surface area contributed by atoms with E-state index in [9.17, 15) is 4.79 Å². The monoisotopic (exact) mass is 219 g/mol. The second-order valence-corrected chi connectivity index (χ2v) is 3.62. The first-order chi connectivity index (χ1) is 7.54. The first-order valence-corrected chi connectivity index (χ1v) is 5.17. The number of carbonyl (C=O) groups excluding carboxylic acids is 1. The number of amides is 1. The summed E-state index contributed by atoms with van der Waals surface area (Å²) in [4.78, 5) is 12.7. The number of ether oxygens (including phenoxy) is 1. The van der Waals surface area contributed by atoms with Crippen LogP contribution in [-0.2, 0) is 4.79 Å². The van der Waals surface area contributed by atoms with Gasteiger partial charge in [-0.2, -0.15) is 0 Å². The van der Waals surface area contributed by atoms with Gasteiger partial charge in [0, 0.05) is 14.0 Å². The van der Waals surface area contributed by atoms with E-state index in [1.165, 1.54) is 6.92 Å². The fourth-order valence-electron chi connectivity index (χ4n) is 1.21. The Morgan fingerprint density at radius 2 is 2.00 bits per heavy atom. The predicted octanol–water partition coefficient (Wildman–Crippen LogP) is 2.53. The van der Waals surface area contributed by atoms with Crippen molar-refractivity contribution in [2.24, 2.45) is 0 Å². The molecule has 0 bridgehead atoms. The zero-order chi connectivity index (χ0) is 12.1. The van der Waals surface area contributed by atoms with Crippen LogP contribution in [-0.4, -0.2) is 24.1 Å². The minimum atomic E-state index is -0.271. The van der Waals surface area contributed by atoms with Crippen molar-refractivity contribution < 1.29 is 9.53 Å². The molecule has 3 nitrogen and oxygen atoms in total. The molecule has 0 N–H and O–H groups in total. The van der Waals surface area contributed by atoms with E-state index in [4.69, 9.17) is 4.74 Å². The molecule has 0 saturated carbocycles. The molecule has 0 heterocycles. The first kappa shape index (κ1) is 12.3. The Morgan fingerprint density at radius 3 is 2.44 bits per heavy atom. The van der Waals surface area contributed by atoms with Crippen molar-refractivity contribution in [1.29, 1.82) is 0 Å². The van der Waals surface area contributed by atoms with Crippen molar-refractivity contribution in [3.05, 3.63) is 36.4 Å². The van der Waals surface area contributed by atoms with Crippen molar-refractivity contribution in [3.8, 4) is 5.75 Å². The van der Waals surface area contributed by atoms with Gasteiger partial charge in [0.2, 0.25) is 5.91 Å². The molecule has 16 heavy (non-hydrogen) atoms.